The van der Waals surface area contributed by atoms with Crippen molar-refractivity contribution in [3.63, 3.8) is 0 Å². The van der Waals surface area contributed by atoms with E-state index in [9.17, 15) is 14.0 Å². The summed E-state index contributed by atoms with van der Waals surface area (Å²) < 4.78 is 13.4. The molecule has 0 radical (unpaired) electrons. The zero-order valence-electron chi connectivity index (χ0n) is 16.7. The van der Waals surface area contributed by atoms with E-state index >= 15 is 0 Å². The molecule has 1 aromatic carbocycles. The summed E-state index contributed by atoms with van der Waals surface area (Å²) in [5.74, 6) is -1.38. The lowest BCUT2D eigenvalue weighted by Gasteiger charge is -2.33. The molecule has 2 amide bonds. The number of hydrogen-bond acceptors (Lipinski definition) is 2. The molecule has 7 heteroatoms. The monoisotopic (exact) mass is 392 g/mol. The number of carbonyl (C=O) groups is 2. The predicted octanol–water partition coefficient (Wildman–Crippen LogP) is -1.15. The number of amides is 2. The molecule has 0 spiro atoms. The summed E-state index contributed by atoms with van der Waals surface area (Å²) in [5, 5.41) is 5.69. The predicted molar refractivity (Wildman–Crippen MR) is 104 cm³/mol. The van der Waals surface area contributed by atoms with Crippen molar-refractivity contribution < 1.29 is 23.8 Å². The van der Waals surface area contributed by atoms with Crippen LogP contribution >= 0.6 is 0 Å². The Morgan fingerprint density at radius 2 is 1.68 bits per heavy atom. The van der Waals surface area contributed by atoms with E-state index in [1.165, 1.54) is 28.4 Å². The first-order valence-electron chi connectivity index (χ1n) is 10.5. The number of rotatable bonds is 5. The minimum atomic E-state index is -0.572. The average molecular weight is 393 g/mol. The smallest absolute Gasteiger partial charge is 0.309 e. The molecule has 1 saturated carbocycles. The largest absolute Gasteiger partial charge is 0.345 e. The number of hydrogen-bond donors (Lipinski definition) is 4. The third kappa shape index (κ3) is 5.75. The van der Waals surface area contributed by atoms with Crippen molar-refractivity contribution >= 4 is 11.8 Å². The minimum Gasteiger partial charge on any atom is -0.345 e. The summed E-state index contributed by atoms with van der Waals surface area (Å²) in [5.41, 5.74) is 0.990. The van der Waals surface area contributed by atoms with E-state index in [1.54, 1.807) is 12.1 Å². The topological polar surface area (TPSA) is 67.1 Å². The fourth-order valence-corrected chi connectivity index (χ4v) is 4.31. The highest BCUT2D eigenvalue weighted by molar-refractivity contribution is 6.35. The number of likely N-dealkylation sites (N-methyl/N-ethyl adjacent to an activating group) is 1. The summed E-state index contributed by atoms with van der Waals surface area (Å²) in [6.45, 7) is 4.46. The van der Waals surface area contributed by atoms with E-state index in [0.29, 0.717) is 6.54 Å². The highest BCUT2D eigenvalue weighted by Gasteiger charge is 2.30. The molecule has 28 heavy (non-hydrogen) atoms. The summed E-state index contributed by atoms with van der Waals surface area (Å²) in [6, 6.07) is 6.62. The Morgan fingerprint density at radius 1 is 1.04 bits per heavy atom. The van der Waals surface area contributed by atoms with Gasteiger partial charge >= 0.3 is 11.8 Å². The Kier molecular flexibility index (Phi) is 7.39. The van der Waals surface area contributed by atoms with Crippen molar-refractivity contribution in [1.29, 1.82) is 0 Å². The van der Waals surface area contributed by atoms with Crippen LogP contribution in [0.1, 0.15) is 43.7 Å². The van der Waals surface area contributed by atoms with Crippen LogP contribution in [0, 0.1) is 5.82 Å². The number of benzene rings is 1. The first-order chi connectivity index (χ1) is 13.5. The minimum absolute atomic E-state index is 0.0140. The van der Waals surface area contributed by atoms with Crippen LogP contribution in [0.15, 0.2) is 24.3 Å². The van der Waals surface area contributed by atoms with Crippen LogP contribution < -0.4 is 20.4 Å². The van der Waals surface area contributed by atoms with Crippen LogP contribution in [0.3, 0.4) is 0 Å². The Balaban J connectivity index is 1.59. The summed E-state index contributed by atoms with van der Waals surface area (Å²) in [7, 11) is 2.18. The van der Waals surface area contributed by atoms with Crippen molar-refractivity contribution in [2.24, 2.45) is 0 Å². The van der Waals surface area contributed by atoms with E-state index in [0.717, 1.165) is 57.4 Å². The maximum absolute atomic E-state index is 13.4. The molecule has 4 N–H and O–H groups in total. The van der Waals surface area contributed by atoms with Gasteiger partial charge in [-0.05, 0) is 25.0 Å². The zero-order valence-corrected chi connectivity index (χ0v) is 16.7. The number of carbonyl (C=O) groups excluding carboxylic acids is 2. The maximum Gasteiger partial charge on any atom is 0.309 e. The summed E-state index contributed by atoms with van der Waals surface area (Å²) in [6.07, 6.45) is 5.31. The van der Waals surface area contributed by atoms with E-state index in [2.05, 4.69) is 17.7 Å². The molecule has 3 rings (SSSR count). The van der Waals surface area contributed by atoms with Crippen LogP contribution in [-0.4, -0.2) is 57.6 Å². The molecular weight excluding hydrogens is 359 g/mol. The third-order valence-corrected chi connectivity index (χ3v) is 6.12. The van der Waals surface area contributed by atoms with Gasteiger partial charge in [0.15, 0.2) is 0 Å². The van der Waals surface area contributed by atoms with Gasteiger partial charge in [-0.1, -0.05) is 31.4 Å². The first kappa shape index (κ1) is 20.7. The van der Waals surface area contributed by atoms with Crippen LogP contribution in [0.25, 0.3) is 0 Å². The molecule has 2 aliphatic rings. The molecule has 0 unspecified atom stereocenters. The van der Waals surface area contributed by atoms with Crippen molar-refractivity contribution in [3.8, 4) is 0 Å². The van der Waals surface area contributed by atoms with E-state index in [1.807, 2.05) is 0 Å². The van der Waals surface area contributed by atoms with Crippen LogP contribution in [-0.2, 0) is 9.59 Å². The molecule has 1 atom stereocenters. The van der Waals surface area contributed by atoms with E-state index in [4.69, 9.17) is 0 Å². The lowest BCUT2D eigenvalue weighted by Crippen LogP contribution is -3.27. The maximum atomic E-state index is 13.4. The summed E-state index contributed by atoms with van der Waals surface area (Å²) in [4.78, 5) is 27.4. The van der Waals surface area contributed by atoms with Gasteiger partial charge in [0.25, 0.3) is 0 Å². The number of nitrogens with one attached hydrogen (secondary N) is 4. The lowest BCUT2D eigenvalue weighted by atomic mass is 9.95. The normalized spacial score (nSPS) is 24.4. The molecule has 154 valence electrons. The van der Waals surface area contributed by atoms with Crippen molar-refractivity contribution in [2.45, 2.75) is 44.2 Å². The lowest BCUT2D eigenvalue weighted by molar-refractivity contribution is -1.02. The first-order valence-corrected chi connectivity index (χ1v) is 10.5. The fraction of sp³-hybridized carbons (Fsp3) is 0.619. The SMILES string of the molecule is C[NH+]1CC[NH+]([C@@H](CNC(=O)C(=O)NC2CCCCC2)c2ccc(F)cc2)CC1. The Morgan fingerprint density at radius 3 is 2.32 bits per heavy atom. The van der Waals surface area contributed by atoms with E-state index in [-0.39, 0.29) is 17.9 Å². The third-order valence-electron chi connectivity index (χ3n) is 6.12. The van der Waals surface area contributed by atoms with Gasteiger partial charge in [0.2, 0.25) is 0 Å². The molecule has 0 bridgehead atoms. The highest BCUT2D eigenvalue weighted by atomic mass is 19.1. The Bertz CT molecular complexity index is 653. The fourth-order valence-electron chi connectivity index (χ4n) is 4.31. The van der Waals surface area contributed by atoms with Gasteiger partial charge in [0.1, 0.15) is 38.0 Å². The second-order valence-corrected chi connectivity index (χ2v) is 8.24. The van der Waals surface area contributed by atoms with Crippen LogP contribution in [0.2, 0.25) is 0 Å². The molecule has 6 nitrogen and oxygen atoms in total. The molecule has 1 aliphatic heterocycles. The van der Waals surface area contributed by atoms with Gasteiger partial charge in [-0.2, -0.15) is 0 Å². The molecule has 1 aromatic rings. The number of halogens is 1. The van der Waals surface area contributed by atoms with Crippen LogP contribution in [0.5, 0.6) is 0 Å². The second-order valence-electron chi connectivity index (χ2n) is 8.24. The zero-order chi connectivity index (χ0) is 19.9. The van der Waals surface area contributed by atoms with Gasteiger partial charge in [0.05, 0.1) is 13.6 Å². The van der Waals surface area contributed by atoms with Gasteiger partial charge < -0.3 is 20.4 Å². The molecule has 2 fully saturated rings. The van der Waals surface area contributed by atoms with Crippen LogP contribution in [0.4, 0.5) is 4.39 Å². The average Bonchev–Trinajstić information content (AvgIpc) is 2.71. The standard InChI is InChI=1S/C21H31FN4O2/c1-25-11-13-26(14-12-25)19(16-7-9-17(22)10-8-16)15-23-20(27)21(28)24-18-5-3-2-4-6-18/h7-10,18-19H,2-6,11-15H2,1H3,(H,23,27)(H,24,28)/p+2/t19-/m0/s1. The highest BCUT2D eigenvalue weighted by Crippen LogP contribution is 2.17. The quantitative estimate of drug-likeness (QED) is 0.478. The molecule has 0 aromatic heterocycles. The summed E-state index contributed by atoms with van der Waals surface area (Å²) >= 11 is 0. The molecule has 1 aliphatic carbocycles. The molecule has 1 heterocycles. The molecular formula is C21H33FN4O2+2. The van der Waals surface area contributed by atoms with Gasteiger partial charge in [0, 0.05) is 11.6 Å². The van der Waals surface area contributed by atoms with Gasteiger partial charge in [-0.25, -0.2) is 4.39 Å². The van der Waals surface area contributed by atoms with Crippen molar-refractivity contribution in [2.75, 3.05) is 39.8 Å². The molecule has 1 saturated heterocycles. The van der Waals surface area contributed by atoms with Crippen molar-refractivity contribution in [1.82, 2.24) is 10.6 Å². The van der Waals surface area contributed by atoms with Gasteiger partial charge in [-0.3, -0.25) is 9.59 Å². The Hall–Kier alpha value is -1.99. The Labute approximate surface area is 166 Å². The van der Waals surface area contributed by atoms with Gasteiger partial charge in [-0.15, -0.1) is 0 Å². The van der Waals surface area contributed by atoms with Crippen molar-refractivity contribution in [3.05, 3.63) is 35.6 Å². The van der Waals surface area contributed by atoms with E-state index < -0.39 is 11.8 Å². The number of quaternary nitrogens is 2. The number of piperazine rings is 1. The second kappa shape index (κ2) is 9.98.